The Morgan fingerprint density at radius 1 is 1.60 bits per heavy atom. The van der Waals surface area contributed by atoms with Gasteiger partial charge in [0, 0.05) is 20.5 Å². The van der Waals surface area contributed by atoms with Crippen molar-refractivity contribution < 1.29 is 14.0 Å². The van der Waals surface area contributed by atoms with E-state index in [1.807, 2.05) is 12.1 Å². The van der Waals surface area contributed by atoms with Crippen molar-refractivity contribution >= 4 is 6.03 Å². The summed E-state index contributed by atoms with van der Waals surface area (Å²) in [4.78, 5) is 17.4. The van der Waals surface area contributed by atoms with Crippen molar-refractivity contribution in [1.82, 2.24) is 10.4 Å². The first kappa shape index (κ1) is 11.6. The summed E-state index contributed by atoms with van der Waals surface area (Å²) in [6.07, 6.45) is 3.26. The second-order valence-corrected chi connectivity index (χ2v) is 3.33. The quantitative estimate of drug-likeness (QED) is 0.593. The average Bonchev–Trinajstić information content (AvgIpc) is 2.69. The molecule has 1 rings (SSSR count). The van der Waals surface area contributed by atoms with Crippen molar-refractivity contribution in [1.29, 1.82) is 0 Å². The molecule has 1 aromatic rings. The molecule has 0 saturated heterocycles. The van der Waals surface area contributed by atoms with Crippen LogP contribution in [0.2, 0.25) is 0 Å². The van der Waals surface area contributed by atoms with Crippen LogP contribution in [0.4, 0.5) is 4.79 Å². The van der Waals surface area contributed by atoms with Gasteiger partial charge < -0.3 is 9.32 Å². The van der Waals surface area contributed by atoms with Crippen LogP contribution in [0.5, 0.6) is 0 Å². The topological polar surface area (TPSA) is 54.7 Å². The monoisotopic (exact) mass is 212 g/mol. The molecule has 5 heteroatoms. The van der Waals surface area contributed by atoms with Gasteiger partial charge in [-0.05, 0) is 18.6 Å². The molecule has 1 heterocycles. The summed E-state index contributed by atoms with van der Waals surface area (Å²) in [7, 11) is 3.31. The normalized spacial score (nSPS) is 10.0. The molecule has 0 fully saturated rings. The van der Waals surface area contributed by atoms with Gasteiger partial charge in [0.05, 0.1) is 12.9 Å². The predicted molar refractivity (Wildman–Crippen MR) is 55.2 cm³/mol. The molecule has 15 heavy (non-hydrogen) atoms. The molecule has 0 saturated carbocycles. The Balaban J connectivity index is 2.00. The molecule has 1 N–H and O–H groups in total. The van der Waals surface area contributed by atoms with Crippen molar-refractivity contribution in [2.24, 2.45) is 0 Å². The number of furan rings is 1. The number of aryl methyl sites for hydroxylation is 1. The van der Waals surface area contributed by atoms with E-state index in [2.05, 4.69) is 5.48 Å². The molecule has 0 bridgehead atoms. The fourth-order valence-electron chi connectivity index (χ4n) is 0.977. The lowest BCUT2D eigenvalue weighted by Gasteiger charge is -2.11. The Labute approximate surface area is 89.0 Å². The van der Waals surface area contributed by atoms with E-state index in [4.69, 9.17) is 9.25 Å². The minimum Gasteiger partial charge on any atom is -0.469 e. The highest BCUT2D eigenvalue weighted by Gasteiger charge is 2.01. The summed E-state index contributed by atoms with van der Waals surface area (Å²) < 4.78 is 5.15. The van der Waals surface area contributed by atoms with Gasteiger partial charge in [-0.2, -0.15) is 0 Å². The lowest BCUT2D eigenvalue weighted by Crippen LogP contribution is -2.34. The highest BCUT2D eigenvalue weighted by Crippen LogP contribution is 2.02. The van der Waals surface area contributed by atoms with E-state index in [0.717, 1.165) is 18.6 Å². The van der Waals surface area contributed by atoms with Gasteiger partial charge in [-0.1, -0.05) is 0 Å². The molecule has 0 aliphatic carbocycles. The average molecular weight is 212 g/mol. The fourth-order valence-corrected chi connectivity index (χ4v) is 0.977. The van der Waals surface area contributed by atoms with Crippen LogP contribution < -0.4 is 5.48 Å². The van der Waals surface area contributed by atoms with Gasteiger partial charge in [0.25, 0.3) is 0 Å². The number of hydroxylamine groups is 1. The van der Waals surface area contributed by atoms with Crippen LogP contribution in [0.25, 0.3) is 0 Å². The molecule has 1 aromatic heterocycles. The number of carbonyl (C=O) groups is 1. The van der Waals surface area contributed by atoms with Crippen molar-refractivity contribution in [3.05, 3.63) is 24.2 Å². The van der Waals surface area contributed by atoms with Crippen LogP contribution in [0.15, 0.2) is 22.8 Å². The Bertz CT molecular complexity index is 283. The maximum Gasteiger partial charge on any atom is 0.340 e. The molecule has 0 aliphatic heterocycles. The van der Waals surface area contributed by atoms with Gasteiger partial charge in [0.1, 0.15) is 5.76 Å². The molecule has 0 radical (unpaired) electrons. The molecule has 84 valence electrons. The van der Waals surface area contributed by atoms with Crippen LogP contribution in [0, 0.1) is 0 Å². The van der Waals surface area contributed by atoms with E-state index in [-0.39, 0.29) is 6.03 Å². The first-order valence-corrected chi connectivity index (χ1v) is 4.81. The van der Waals surface area contributed by atoms with Crippen LogP contribution in [-0.2, 0) is 11.3 Å². The molecule has 2 amide bonds. The third-order valence-electron chi connectivity index (χ3n) is 1.82. The number of nitrogens with zero attached hydrogens (tertiary/aromatic N) is 1. The molecule has 0 spiro atoms. The van der Waals surface area contributed by atoms with Crippen LogP contribution in [0.3, 0.4) is 0 Å². The SMILES string of the molecule is CN(C)C(=O)NOCCCc1ccco1. The van der Waals surface area contributed by atoms with E-state index < -0.39 is 0 Å². The van der Waals surface area contributed by atoms with Gasteiger partial charge >= 0.3 is 6.03 Å². The standard InChI is InChI=1S/C10H16N2O3/c1-12(2)10(13)11-15-8-4-6-9-5-3-7-14-9/h3,5,7H,4,6,8H2,1-2H3,(H,11,13). The van der Waals surface area contributed by atoms with E-state index >= 15 is 0 Å². The Morgan fingerprint density at radius 2 is 2.40 bits per heavy atom. The summed E-state index contributed by atoms with van der Waals surface area (Å²) in [6, 6.07) is 3.51. The number of urea groups is 1. The zero-order valence-electron chi connectivity index (χ0n) is 9.03. The van der Waals surface area contributed by atoms with Gasteiger partial charge in [0.15, 0.2) is 0 Å². The molecule has 0 aromatic carbocycles. The molecule has 0 atom stereocenters. The van der Waals surface area contributed by atoms with E-state index in [1.54, 1.807) is 20.4 Å². The number of nitrogens with one attached hydrogen (secondary N) is 1. The molecular formula is C10H16N2O3. The van der Waals surface area contributed by atoms with Crippen LogP contribution >= 0.6 is 0 Å². The van der Waals surface area contributed by atoms with Gasteiger partial charge in [-0.3, -0.25) is 4.84 Å². The third kappa shape index (κ3) is 4.51. The fraction of sp³-hybridized carbons (Fsp3) is 0.500. The van der Waals surface area contributed by atoms with Crippen LogP contribution in [0.1, 0.15) is 12.2 Å². The number of hydrogen-bond acceptors (Lipinski definition) is 3. The zero-order valence-corrected chi connectivity index (χ0v) is 9.03. The van der Waals surface area contributed by atoms with Crippen molar-refractivity contribution in [2.45, 2.75) is 12.8 Å². The number of amides is 2. The van der Waals surface area contributed by atoms with Crippen molar-refractivity contribution in [2.75, 3.05) is 20.7 Å². The van der Waals surface area contributed by atoms with Crippen molar-refractivity contribution in [3.63, 3.8) is 0 Å². The Kier molecular flexibility index (Phi) is 4.70. The lowest BCUT2D eigenvalue weighted by atomic mass is 10.3. The number of hydrogen-bond donors (Lipinski definition) is 1. The summed E-state index contributed by atoms with van der Waals surface area (Å²) in [5.74, 6) is 0.928. The lowest BCUT2D eigenvalue weighted by molar-refractivity contribution is 0.0506. The maximum atomic E-state index is 11.0. The van der Waals surface area contributed by atoms with E-state index in [0.29, 0.717) is 6.61 Å². The van der Waals surface area contributed by atoms with Gasteiger partial charge in [0.2, 0.25) is 0 Å². The van der Waals surface area contributed by atoms with Gasteiger partial charge in [-0.15, -0.1) is 0 Å². The predicted octanol–water partition coefficient (Wildman–Crippen LogP) is 1.42. The first-order valence-electron chi connectivity index (χ1n) is 4.81. The number of carbonyl (C=O) groups excluding carboxylic acids is 1. The molecule has 0 aliphatic rings. The summed E-state index contributed by atoms with van der Waals surface area (Å²) >= 11 is 0. The Hall–Kier alpha value is -1.49. The first-order chi connectivity index (χ1) is 7.20. The summed E-state index contributed by atoms with van der Waals surface area (Å²) in [5, 5.41) is 0. The highest BCUT2D eigenvalue weighted by molar-refractivity contribution is 5.72. The van der Waals surface area contributed by atoms with E-state index in [9.17, 15) is 4.79 Å². The zero-order chi connectivity index (χ0) is 11.1. The molecular weight excluding hydrogens is 196 g/mol. The minimum absolute atomic E-state index is 0.256. The maximum absolute atomic E-state index is 11.0. The second kappa shape index (κ2) is 6.08. The highest BCUT2D eigenvalue weighted by atomic mass is 16.7. The molecule has 5 nitrogen and oxygen atoms in total. The van der Waals surface area contributed by atoms with E-state index in [1.165, 1.54) is 4.90 Å². The third-order valence-corrected chi connectivity index (χ3v) is 1.82. The Morgan fingerprint density at radius 3 is 3.00 bits per heavy atom. The molecule has 0 unspecified atom stereocenters. The largest absolute Gasteiger partial charge is 0.469 e. The summed E-state index contributed by atoms with van der Waals surface area (Å²) in [6.45, 7) is 0.473. The number of rotatable bonds is 5. The van der Waals surface area contributed by atoms with Gasteiger partial charge in [-0.25, -0.2) is 10.3 Å². The smallest absolute Gasteiger partial charge is 0.340 e. The van der Waals surface area contributed by atoms with Crippen molar-refractivity contribution in [3.8, 4) is 0 Å². The van der Waals surface area contributed by atoms with Crippen LogP contribution in [-0.4, -0.2) is 31.6 Å². The summed E-state index contributed by atoms with van der Waals surface area (Å²) in [5.41, 5.74) is 2.32. The minimum atomic E-state index is -0.256. The second-order valence-electron chi connectivity index (χ2n) is 3.33.